The summed E-state index contributed by atoms with van der Waals surface area (Å²) in [4.78, 5) is 0. The Morgan fingerprint density at radius 2 is 1.93 bits per heavy atom. The molecule has 1 fully saturated rings. The third kappa shape index (κ3) is 3.36. The summed E-state index contributed by atoms with van der Waals surface area (Å²) in [6.45, 7) is 0. The monoisotopic (exact) mass is 225 g/mol. The van der Waals surface area contributed by atoms with E-state index in [0.29, 0.717) is 11.2 Å². The van der Waals surface area contributed by atoms with Gasteiger partial charge in [0.15, 0.2) is 5.11 Å². The Bertz CT molecular complexity index is 348. The van der Waals surface area contributed by atoms with Gasteiger partial charge in [0.1, 0.15) is 5.82 Å². The van der Waals surface area contributed by atoms with Gasteiger partial charge in [-0.25, -0.2) is 4.39 Å². The van der Waals surface area contributed by atoms with Gasteiger partial charge in [0, 0.05) is 6.04 Å². The first-order valence-corrected chi connectivity index (χ1v) is 5.23. The van der Waals surface area contributed by atoms with Crippen LogP contribution in [0.3, 0.4) is 0 Å². The summed E-state index contributed by atoms with van der Waals surface area (Å²) in [7, 11) is 0. The Kier molecular flexibility index (Phi) is 3.01. The van der Waals surface area contributed by atoms with Gasteiger partial charge >= 0.3 is 0 Å². The molecule has 0 aliphatic heterocycles. The molecule has 1 aromatic carbocycles. The second-order valence-electron chi connectivity index (χ2n) is 3.50. The highest BCUT2D eigenvalue weighted by Gasteiger charge is 2.21. The minimum absolute atomic E-state index is 0.251. The molecule has 0 heterocycles. The first kappa shape index (κ1) is 10.2. The highest BCUT2D eigenvalue weighted by Crippen LogP contribution is 2.18. The zero-order chi connectivity index (χ0) is 10.7. The second-order valence-corrected chi connectivity index (χ2v) is 3.91. The zero-order valence-corrected chi connectivity index (χ0v) is 8.90. The third-order valence-corrected chi connectivity index (χ3v) is 2.30. The van der Waals surface area contributed by atoms with E-state index in [2.05, 4.69) is 16.2 Å². The van der Waals surface area contributed by atoms with Crippen LogP contribution in [0.1, 0.15) is 12.8 Å². The van der Waals surface area contributed by atoms with Crippen LogP contribution in [-0.2, 0) is 0 Å². The Hall–Kier alpha value is -1.36. The number of hydrogen-bond acceptors (Lipinski definition) is 2. The van der Waals surface area contributed by atoms with E-state index in [1.54, 1.807) is 12.1 Å². The van der Waals surface area contributed by atoms with Gasteiger partial charge in [0.2, 0.25) is 0 Å². The Morgan fingerprint density at radius 1 is 1.27 bits per heavy atom. The van der Waals surface area contributed by atoms with Crippen LogP contribution in [0, 0.1) is 5.82 Å². The maximum atomic E-state index is 12.6. The van der Waals surface area contributed by atoms with E-state index < -0.39 is 0 Å². The fourth-order valence-corrected chi connectivity index (χ4v) is 1.33. The molecule has 1 aliphatic rings. The highest BCUT2D eigenvalue weighted by molar-refractivity contribution is 7.80. The van der Waals surface area contributed by atoms with E-state index in [0.717, 1.165) is 5.69 Å². The normalized spacial score (nSPS) is 14.5. The average Bonchev–Trinajstić information content (AvgIpc) is 3.01. The molecule has 0 atom stereocenters. The molecule has 3 nitrogen and oxygen atoms in total. The number of rotatable bonds is 3. The van der Waals surface area contributed by atoms with Crippen LogP contribution in [0.2, 0.25) is 0 Å². The van der Waals surface area contributed by atoms with Gasteiger partial charge < -0.3 is 5.32 Å². The van der Waals surface area contributed by atoms with Crippen molar-refractivity contribution in [1.29, 1.82) is 0 Å². The van der Waals surface area contributed by atoms with Crippen molar-refractivity contribution in [2.24, 2.45) is 0 Å². The van der Waals surface area contributed by atoms with Gasteiger partial charge in [0.05, 0.1) is 5.69 Å². The summed E-state index contributed by atoms with van der Waals surface area (Å²) in [6, 6.07) is 6.59. The van der Waals surface area contributed by atoms with Gasteiger partial charge in [0.25, 0.3) is 0 Å². The Morgan fingerprint density at radius 3 is 2.53 bits per heavy atom. The molecule has 1 saturated carbocycles. The van der Waals surface area contributed by atoms with E-state index in [1.807, 2.05) is 0 Å². The lowest BCUT2D eigenvalue weighted by Crippen LogP contribution is -2.39. The number of benzene rings is 1. The molecule has 0 amide bonds. The standard InChI is InChI=1S/C10H12FN3S/c11-7-1-3-9(4-2-7)13-14-10(15)12-8-5-6-8/h1-4,8,13H,5-6H2,(H2,12,14,15). The van der Waals surface area contributed by atoms with Crippen LogP contribution < -0.4 is 16.2 Å². The summed E-state index contributed by atoms with van der Waals surface area (Å²) in [5, 5.41) is 3.69. The molecule has 0 aromatic heterocycles. The molecular formula is C10H12FN3S. The van der Waals surface area contributed by atoms with E-state index in [4.69, 9.17) is 12.2 Å². The topological polar surface area (TPSA) is 36.1 Å². The molecule has 15 heavy (non-hydrogen) atoms. The van der Waals surface area contributed by atoms with E-state index in [-0.39, 0.29) is 5.82 Å². The van der Waals surface area contributed by atoms with E-state index >= 15 is 0 Å². The maximum absolute atomic E-state index is 12.6. The molecule has 0 unspecified atom stereocenters. The number of hydrogen-bond donors (Lipinski definition) is 3. The number of hydrazine groups is 1. The smallest absolute Gasteiger partial charge is 0.185 e. The SMILES string of the molecule is Fc1ccc(NNC(=S)NC2CC2)cc1. The fourth-order valence-electron chi connectivity index (χ4n) is 1.11. The van der Waals surface area contributed by atoms with Crippen LogP contribution in [0.5, 0.6) is 0 Å². The van der Waals surface area contributed by atoms with Gasteiger partial charge in [-0.1, -0.05) is 0 Å². The van der Waals surface area contributed by atoms with Crippen molar-refractivity contribution in [1.82, 2.24) is 10.7 Å². The van der Waals surface area contributed by atoms with E-state index in [1.165, 1.54) is 25.0 Å². The Balaban J connectivity index is 1.76. The first-order chi connectivity index (χ1) is 7.24. The molecule has 5 heteroatoms. The number of thiocarbonyl (C=S) groups is 1. The summed E-state index contributed by atoms with van der Waals surface area (Å²) >= 11 is 5.04. The number of anilines is 1. The van der Waals surface area contributed by atoms with Crippen molar-refractivity contribution in [3.05, 3.63) is 30.1 Å². The lowest BCUT2D eigenvalue weighted by molar-refractivity contribution is 0.628. The molecule has 0 saturated heterocycles. The Labute approximate surface area is 93.0 Å². The van der Waals surface area contributed by atoms with Gasteiger partial charge in [-0.3, -0.25) is 10.9 Å². The summed E-state index contributed by atoms with van der Waals surface area (Å²) in [5.41, 5.74) is 6.50. The molecule has 80 valence electrons. The average molecular weight is 225 g/mol. The quantitative estimate of drug-likeness (QED) is 0.541. The largest absolute Gasteiger partial charge is 0.359 e. The second kappa shape index (κ2) is 4.44. The molecule has 1 aliphatic carbocycles. The van der Waals surface area contributed by atoms with Crippen molar-refractivity contribution in [3.63, 3.8) is 0 Å². The fraction of sp³-hybridized carbons (Fsp3) is 0.300. The minimum atomic E-state index is -0.251. The highest BCUT2D eigenvalue weighted by atomic mass is 32.1. The van der Waals surface area contributed by atoms with Crippen molar-refractivity contribution in [2.75, 3.05) is 5.43 Å². The van der Waals surface area contributed by atoms with Crippen molar-refractivity contribution in [2.45, 2.75) is 18.9 Å². The number of halogens is 1. The van der Waals surface area contributed by atoms with Crippen molar-refractivity contribution < 1.29 is 4.39 Å². The first-order valence-electron chi connectivity index (χ1n) is 4.82. The summed E-state index contributed by atoms with van der Waals surface area (Å²) in [6.07, 6.45) is 2.36. The summed E-state index contributed by atoms with van der Waals surface area (Å²) in [5.74, 6) is -0.251. The molecule has 0 bridgehead atoms. The van der Waals surface area contributed by atoms with E-state index in [9.17, 15) is 4.39 Å². The maximum Gasteiger partial charge on any atom is 0.185 e. The molecule has 1 aromatic rings. The van der Waals surface area contributed by atoms with Gasteiger partial charge in [-0.05, 0) is 49.3 Å². The third-order valence-electron chi connectivity index (χ3n) is 2.08. The molecule has 0 spiro atoms. The lowest BCUT2D eigenvalue weighted by Gasteiger charge is -2.11. The van der Waals surface area contributed by atoms with Crippen molar-refractivity contribution >= 4 is 23.0 Å². The van der Waals surface area contributed by atoms with Crippen LogP contribution >= 0.6 is 12.2 Å². The molecule has 3 N–H and O–H groups in total. The molecule has 0 radical (unpaired) electrons. The predicted octanol–water partition coefficient (Wildman–Crippen LogP) is 1.78. The zero-order valence-electron chi connectivity index (χ0n) is 8.09. The van der Waals surface area contributed by atoms with Gasteiger partial charge in [-0.15, -0.1) is 0 Å². The minimum Gasteiger partial charge on any atom is -0.359 e. The van der Waals surface area contributed by atoms with Crippen LogP contribution in [-0.4, -0.2) is 11.2 Å². The van der Waals surface area contributed by atoms with Crippen LogP contribution in [0.15, 0.2) is 24.3 Å². The predicted molar refractivity (Wildman–Crippen MR) is 61.9 cm³/mol. The van der Waals surface area contributed by atoms with Crippen LogP contribution in [0.4, 0.5) is 10.1 Å². The number of nitrogens with one attached hydrogen (secondary N) is 3. The molecular weight excluding hydrogens is 213 g/mol. The molecule has 2 rings (SSSR count). The van der Waals surface area contributed by atoms with Gasteiger partial charge in [-0.2, -0.15) is 0 Å². The van der Waals surface area contributed by atoms with Crippen LogP contribution in [0.25, 0.3) is 0 Å². The van der Waals surface area contributed by atoms with Crippen molar-refractivity contribution in [3.8, 4) is 0 Å². The summed E-state index contributed by atoms with van der Waals surface area (Å²) < 4.78 is 12.6. The lowest BCUT2D eigenvalue weighted by atomic mass is 10.3.